The Morgan fingerprint density at radius 3 is 2.34 bits per heavy atom. The van der Waals surface area contributed by atoms with Gasteiger partial charge in [0.25, 0.3) is 0 Å². The molecule has 0 unspecified atom stereocenters. The molecule has 0 bridgehead atoms. The van der Waals surface area contributed by atoms with Gasteiger partial charge in [-0.2, -0.15) is 0 Å². The van der Waals surface area contributed by atoms with Gasteiger partial charge in [0, 0.05) is 26.2 Å². The Morgan fingerprint density at radius 1 is 1.07 bits per heavy atom. The van der Waals surface area contributed by atoms with Crippen molar-refractivity contribution in [2.24, 2.45) is 10.9 Å². The lowest BCUT2D eigenvalue weighted by atomic mass is 9.91. The van der Waals surface area contributed by atoms with Crippen LogP contribution < -0.4 is 5.32 Å². The number of piperazine rings is 1. The van der Waals surface area contributed by atoms with Gasteiger partial charge in [0.15, 0.2) is 5.92 Å². The van der Waals surface area contributed by atoms with Crippen LogP contribution >= 0.6 is 0 Å². The van der Waals surface area contributed by atoms with Gasteiger partial charge in [-0.1, -0.05) is 30.3 Å². The largest absolute Gasteiger partial charge is 0.465 e. The Labute approximate surface area is 169 Å². The van der Waals surface area contributed by atoms with Crippen LogP contribution in [0.3, 0.4) is 0 Å². The molecule has 1 fully saturated rings. The van der Waals surface area contributed by atoms with E-state index in [2.05, 4.69) is 5.32 Å². The summed E-state index contributed by atoms with van der Waals surface area (Å²) in [5, 5.41) is 2.75. The second kappa shape index (κ2) is 9.40. The van der Waals surface area contributed by atoms with E-state index in [1.54, 1.807) is 18.7 Å². The second-order valence-electron chi connectivity index (χ2n) is 6.70. The molecule has 1 aromatic carbocycles. The van der Waals surface area contributed by atoms with E-state index in [9.17, 15) is 14.4 Å². The van der Waals surface area contributed by atoms with E-state index in [0.717, 1.165) is 5.56 Å². The quantitative estimate of drug-likeness (QED) is 0.599. The average Bonchev–Trinajstić information content (AvgIpc) is 2.74. The lowest BCUT2D eigenvalue weighted by molar-refractivity contribution is -0.153. The summed E-state index contributed by atoms with van der Waals surface area (Å²) < 4.78 is 10.1. The zero-order valence-electron chi connectivity index (χ0n) is 16.7. The van der Waals surface area contributed by atoms with Crippen LogP contribution in [0.15, 0.2) is 35.3 Å². The highest BCUT2D eigenvalue weighted by atomic mass is 16.6. The number of hydrogen-bond donors (Lipinski definition) is 1. The van der Waals surface area contributed by atoms with Crippen molar-refractivity contribution >= 4 is 23.9 Å². The molecule has 0 spiro atoms. The zero-order valence-corrected chi connectivity index (χ0v) is 16.7. The molecule has 2 aliphatic heterocycles. The second-order valence-corrected chi connectivity index (χ2v) is 6.70. The number of nitrogens with zero attached hydrogens (tertiary/aromatic N) is 3. The van der Waals surface area contributed by atoms with E-state index >= 15 is 0 Å². The highest BCUT2D eigenvalue weighted by Gasteiger charge is 2.42. The van der Waals surface area contributed by atoms with Crippen molar-refractivity contribution in [2.45, 2.75) is 19.9 Å². The predicted molar refractivity (Wildman–Crippen MR) is 105 cm³/mol. The Kier molecular flexibility index (Phi) is 6.69. The minimum atomic E-state index is -1.04. The van der Waals surface area contributed by atoms with Crippen molar-refractivity contribution in [1.29, 1.82) is 0 Å². The lowest BCUT2D eigenvalue weighted by Gasteiger charge is -2.38. The van der Waals surface area contributed by atoms with Gasteiger partial charge >= 0.3 is 12.1 Å². The standard InChI is InChI=1S/C20H26N4O5/c1-3-28-18(26)15-16(14-8-6-5-7-9-14)21-19(22-17(15)25)23-10-12-24(13-11-23)20(27)29-4-2/h5-9,15-16H,3-4,10-13H2,1-2H3,(H,21,22,25)/t15-,16+/m1/s1. The molecule has 2 amide bonds. The van der Waals surface area contributed by atoms with E-state index in [0.29, 0.717) is 38.7 Å². The monoisotopic (exact) mass is 402 g/mol. The third kappa shape index (κ3) is 4.67. The third-order valence-electron chi connectivity index (χ3n) is 4.88. The van der Waals surface area contributed by atoms with Gasteiger partial charge < -0.3 is 19.3 Å². The summed E-state index contributed by atoms with van der Waals surface area (Å²) in [5.41, 5.74) is 0.767. The van der Waals surface area contributed by atoms with Gasteiger partial charge in [0.2, 0.25) is 11.9 Å². The molecule has 9 heteroatoms. The fourth-order valence-corrected chi connectivity index (χ4v) is 3.43. The number of carbonyl (C=O) groups is 3. The highest BCUT2D eigenvalue weighted by Crippen LogP contribution is 2.30. The van der Waals surface area contributed by atoms with Crippen LogP contribution in [0, 0.1) is 5.92 Å². The first kappa shape index (κ1) is 20.6. The Balaban J connectivity index is 1.80. The molecule has 2 heterocycles. The number of carbonyl (C=O) groups excluding carboxylic acids is 3. The van der Waals surface area contributed by atoms with Gasteiger partial charge in [-0.25, -0.2) is 9.79 Å². The van der Waals surface area contributed by atoms with Crippen LogP contribution in [-0.2, 0) is 19.1 Å². The van der Waals surface area contributed by atoms with Crippen molar-refractivity contribution in [3.63, 3.8) is 0 Å². The number of guanidine groups is 1. The van der Waals surface area contributed by atoms with Gasteiger partial charge in [0.05, 0.1) is 13.2 Å². The fraction of sp³-hybridized carbons (Fsp3) is 0.500. The minimum Gasteiger partial charge on any atom is -0.465 e. The summed E-state index contributed by atoms with van der Waals surface area (Å²) in [6.45, 7) is 5.92. The maximum Gasteiger partial charge on any atom is 0.409 e. The molecule has 156 valence electrons. The van der Waals surface area contributed by atoms with Crippen LogP contribution in [0.2, 0.25) is 0 Å². The molecule has 0 aliphatic carbocycles. The number of nitrogens with one attached hydrogen (secondary N) is 1. The van der Waals surface area contributed by atoms with E-state index in [1.165, 1.54) is 0 Å². The van der Waals surface area contributed by atoms with Crippen molar-refractivity contribution in [2.75, 3.05) is 39.4 Å². The number of ether oxygens (including phenoxy) is 2. The molecule has 2 aliphatic rings. The van der Waals surface area contributed by atoms with Crippen molar-refractivity contribution in [3.8, 4) is 0 Å². The highest BCUT2D eigenvalue weighted by molar-refractivity contribution is 6.08. The van der Waals surface area contributed by atoms with Gasteiger partial charge in [-0.05, 0) is 19.4 Å². The molecule has 1 N–H and O–H groups in total. The van der Waals surface area contributed by atoms with E-state index in [-0.39, 0.29) is 12.7 Å². The smallest absolute Gasteiger partial charge is 0.409 e. The van der Waals surface area contributed by atoms with Crippen LogP contribution in [0.4, 0.5) is 4.79 Å². The van der Waals surface area contributed by atoms with Crippen molar-refractivity contribution in [1.82, 2.24) is 15.1 Å². The lowest BCUT2D eigenvalue weighted by Crippen LogP contribution is -2.58. The van der Waals surface area contributed by atoms with Crippen molar-refractivity contribution in [3.05, 3.63) is 35.9 Å². The molecule has 0 radical (unpaired) electrons. The average molecular weight is 402 g/mol. The number of esters is 1. The summed E-state index contributed by atoms with van der Waals surface area (Å²) in [5.74, 6) is -1.65. The van der Waals surface area contributed by atoms with Gasteiger partial charge in [-0.15, -0.1) is 0 Å². The number of hydrogen-bond acceptors (Lipinski definition) is 7. The maximum atomic E-state index is 12.8. The number of benzene rings is 1. The van der Waals surface area contributed by atoms with E-state index < -0.39 is 23.8 Å². The molecule has 3 rings (SSSR count). The van der Waals surface area contributed by atoms with Crippen molar-refractivity contribution < 1.29 is 23.9 Å². The molecular formula is C20H26N4O5. The fourth-order valence-electron chi connectivity index (χ4n) is 3.43. The number of amides is 2. The van der Waals surface area contributed by atoms with Gasteiger partial charge in [0.1, 0.15) is 6.04 Å². The van der Waals surface area contributed by atoms with Crippen LogP contribution in [0.5, 0.6) is 0 Å². The molecule has 9 nitrogen and oxygen atoms in total. The molecule has 2 atom stereocenters. The number of aliphatic imine (C=N–C) groups is 1. The first-order valence-corrected chi connectivity index (χ1v) is 9.82. The molecule has 1 saturated heterocycles. The SMILES string of the molecule is CCOC(=O)[C@H]1C(=O)NC(N2CCN(C(=O)OCC)CC2)=N[C@H]1c1ccccc1. The minimum absolute atomic E-state index is 0.191. The number of rotatable bonds is 4. The molecule has 0 saturated carbocycles. The molecular weight excluding hydrogens is 376 g/mol. The Morgan fingerprint density at radius 2 is 1.72 bits per heavy atom. The first-order valence-electron chi connectivity index (χ1n) is 9.82. The summed E-state index contributed by atoms with van der Waals surface area (Å²) >= 11 is 0. The van der Waals surface area contributed by atoms with Crippen LogP contribution in [0.1, 0.15) is 25.5 Å². The van der Waals surface area contributed by atoms with E-state index in [4.69, 9.17) is 14.5 Å². The van der Waals surface area contributed by atoms with Crippen LogP contribution in [0.25, 0.3) is 0 Å². The topological polar surface area (TPSA) is 101 Å². The Bertz CT molecular complexity index is 774. The molecule has 1 aromatic rings. The van der Waals surface area contributed by atoms with E-state index in [1.807, 2.05) is 35.2 Å². The summed E-state index contributed by atoms with van der Waals surface area (Å²) in [6.07, 6.45) is -0.341. The Hall–Kier alpha value is -3.10. The maximum absolute atomic E-state index is 12.8. The van der Waals surface area contributed by atoms with Crippen LogP contribution in [-0.4, -0.2) is 73.1 Å². The third-order valence-corrected chi connectivity index (χ3v) is 4.88. The van der Waals surface area contributed by atoms with Gasteiger partial charge in [-0.3, -0.25) is 14.9 Å². The summed E-state index contributed by atoms with van der Waals surface area (Å²) in [6, 6.07) is 8.58. The zero-order chi connectivity index (χ0) is 20.8. The summed E-state index contributed by atoms with van der Waals surface area (Å²) in [7, 11) is 0. The predicted octanol–water partition coefficient (Wildman–Crippen LogP) is 1.17. The first-order chi connectivity index (χ1) is 14.0. The molecule has 0 aromatic heterocycles. The summed E-state index contributed by atoms with van der Waals surface area (Å²) in [4.78, 5) is 45.3. The normalized spacial score (nSPS) is 21.9. The molecule has 29 heavy (non-hydrogen) atoms.